The van der Waals surface area contributed by atoms with Gasteiger partial charge in [-0.25, -0.2) is 4.98 Å². The van der Waals surface area contributed by atoms with Gasteiger partial charge in [-0.2, -0.15) is 0 Å². The molecule has 0 radical (unpaired) electrons. The molecule has 3 rings (SSSR count). The Morgan fingerprint density at radius 2 is 2.19 bits per heavy atom. The largest absolute Gasteiger partial charge is 0.347 e. The molecule has 1 N–H and O–H groups in total. The Labute approximate surface area is 157 Å². The predicted molar refractivity (Wildman–Crippen MR) is 104 cm³/mol. The van der Waals surface area contributed by atoms with Crippen molar-refractivity contribution in [1.82, 2.24) is 14.8 Å². The predicted octanol–water partition coefficient (Wildman–Crippen LogP) is 2.61. The molecule has 1 saturated heterocycles. The van der Waals surface area contributed by atoms with Gasteiger partial charge in [-0.15, -0.1) is 11.3 Å². The van der Waals surface area contributed by atoms with Crippen LogP contribution in [0.15, 0.2) is 29.6 Å². The van der Waals surface area contributed by atoms with E-state index in [4.69, 9.17) is 0 Å². The van der Waals surface area contributed by atoms with Gasteiger partial charge in [-0.05, 0) is 38.4 Å². The number of benzene rings is 1. The molecule has 1 fully saturated rings. The van der Waals surface area contributed by atoms with Gasteiger partial charge in [0.05, 0.1) is 23.3 Å². The number of aromatic nitrogens is 1. The van der Waals surface area contributed by atoms with E-state index in [9.17, 15) is 9.59 Å². The molecule has 2 heterocycles. The van der Waals surface area contributed by atoms with Crippen LogP contribution in [0.4, 0.5) is 5.69 Å². The van der Waals surface area contributed by atoms with E-state index in [1.807, 2.05) is 41.5 Å². The van der Waals surface area contributed by atoms with Crippen molar-refractivity contribution in [3.63, 3.8) is 0 Å². The minimum absolute atomic E-state index is 0.0659. The lowest BCUT2D eigenvalue weighted by atomic mass is 10.1. The number of aryl methyl sites for hydroxylation is 1. The van der Waals surface area contributed by atoms with E-state index >= 15 is 0 Å². The number of hydrogen-bond acceptors (Lipinski definition) is 5. The van der Waals surface area contributed by atoms with Gasteiger partial charge in [0.25, 0.3) is 0 Å². The molecular weight excluding hydrogens is 348 g/mol. The highest BCUT2D eigenvalue weighted by Gasteiger charge is 2.32. The average Bonchev–Trinajstić information content (AvgIpc) is 3.23. The molecule has 1 aliphatic heterocycles. The van der Waals surface area contributed by atoms with E-state index in [2.05, 4.69) is 10.3 Å². The van der Waals surface area contributed by atoms with Crippen LogP contribution in [0.25, 0.3) is 11.3 Å². The maximum atomic E-state index is 12.5. The van der Waals surface area contributed by atoms with Gasteiger partial charge >= 0.3 is 0 Å². The Balaban J connectivity index is 1.64. The second kappa shape index (κ2) is 7.97. The maximum Gasteiger partial charge on any atom is 0.239 e. The van der Waals surface area contributed by atoms with E-state index in [1.54, 1.807) is 30.3 Å². The molecule has 138 valence electrons. The lowest BCUT2D eigenvalue weighted by Crippen LogP contribution is -2.45. The Bertz CT molecular complexity index is 802. The molecule has 2 amide bonds. The van der Waals surface area contributed by atoms with Crippen molar-refractivity contribution in [2.45, 2.75) is 25.8 Å². The first kappa shape index (κ1) is 18.5. The van der Waals surface area contributed by atoms with Crippen molar-refractivity contribution in [2.75, 3.05) is 32.5 Å². The van der Waals surface area contributed by atoms with Crippen LogP contribution in [0, 0.1) is 6.92 Å². The number of amides is 2. The van der Waals surface area contributed by atoms with Crippen molar-refractivity contribution in [3.05, 3.63) is 34.7 Å². The molecule has 6 nitrogen and oxygen atoms in total. The number of nitrogens with zero attached hydrogens (tertiary/aromatic N) is 3. The summed E-state index contributed by atoms with van der Waals surface area (Å²) in [5, 5.41) is 5.97. The maximum absolute atomic E-state index is 12.5. The van der Waals surface area contributed by atoms with Crippen molar-refractivity contribution in [1.29, 1.82) is 0 Å². The van der Waals surface area contributed by atoms with E-state index < -0.39 is 0 Å². The highest BCUT2D eigenvalue weighted by Crippen LogP contribution is 2.24. The SMILES string of the molecule is Cc1nc(-c2cccc(NC(=O)CN3CCCC3C(=O)N(C)C)c2)cs1. The Morgan fingerprint density at radius 1 is 1.38 bits per heavy atom. The van der Waals surface area contributed by atoms with Crippen LogP contribution < -0.4 is 5.32 Å². The number of carbonyl (C=O) groups excluding carboxylic acids is 2. The van der Waals surface area contributed by atoms with Crippen LogP contribution in [-0.2, 0) is 9.59 Å². The van der Waals surface area contributed by atoms with Gasteiger partial charge in [0.1, 0.15) is 0 Å². The van der Waals surface area contributed by atoms with Gasteiger partial charge < -0.3 is 10.2 Å². The summed E-state index contributed by atoms with van der Waals surface area (Å²) in [5.74, 6) is -0.0359. The monoisotopic (exact) mass is 372 g/mol. The number of likely N-dealkylation sites (tertiary alicyclic amines) is 1. The van der Waals surface area contributed by atoms with E-state index in [-0.39, 0.29) is 24.4 Å². The van der Waals surface area contributed by atoms with Gasteiger partial charge in [0.15, 0.2) is 0 Å². The number of nitrogens with one attached hydrogen (secondary N) is 1. The molecule has 1 aromatic heterocycles. The van der Waals surface area contributed by atoms with Crippen LogP contribution in [0.3, 0.4) is 0 Å². The topological polar surface area (TPSA) is 65.5 Å². The zero-order chi connectivity index (χ0) is 18.7. The lowest BCUT2D eigenvalue weighted by molar-refractivity contribution is -0.133. The first-order valence-corrected chi connectivity index (χ1v) is 9.59. The zero-order valence-corrected chi connectivity index (χ0v) is 16.2. The van der Waals surface area contributed by atoms with Crippen LogP contribution >= 0.6 is 11.3 Å². The highest BCUT2D eigenvalue weighted by molar-refractivity contribution is 7.09. The molecule has 7 heteroatoms. The van der Waals surface area contributed by atoms with Crippen molar-refractivity contribution < 1.29 is 9.59 Å². The molecule has 0 aliphatic carbocycles. The molecule has 1 aliphatic rings. The van der Waals surface area contributed by atoms with Gasteiger partial charge in [0, 0.05) is 30.7 Å². The fourth-order valence-corrected chi connectivity index (χ4v) is 3.85. The Hall–Kier alpha value is -2.25. The van der Waals surface area contributed by atoms with Gasteiger partial charge in [-0.1, -0.05) is 12.1 Å². The molecular formula is C19H24N4O2S. The van der Waals surface area contributed by atoms with Crippen LogP contribution in [0.2, 0.25) is 0 Å². The quantitative estimate of drug-likeness (QED) is 0.876. The standard InChI is InChI=1S/C19H24N4O2S/c1-13-20-16(12-26-13)14-6-4-7-15(10-14)21-18(24)11-23-9-5-8-17(23)19(25)22(2)3/h4,6-7,10,12,17H,5,8-9,11H2,1-3H3,(H,21,24). The molecule has 1 unspecified atom stereocenters. The molecule has 0 spiro atoms. The molecule has 1 aromatic carbocycles. The number of rotatable bonds is 5. The Kier molecular flexibility index (Phi) is 5.68. The minimum Gasteiger partial charge on any atom is -0.347 e. The van der Waals surface area contributed by atoms with E-state index in [1.165, 1.54) is 0 Å². The second-order valence-corrected chi connectivity index (χ2v) is 7.80. The first-order valence-electron chi connectivity index (χ1n) is 8.71. The normalized spacial score (nSPS) is 17.3. The summed E-state index contributed by atoms with van der Waals surface area (Å²) in [7, 11) is 3.51. The van der Waals surface area contributed by atoms with Crippen molar-refractivity contribution >= 4 is 28.8 Å². The second-order valence-electron chi connectivity index (χ2n) is 6.74. The fraction of sp³-hybridized carbons (Fsp3) is 0.421. The van der Waals surface area contributed by atoms with Gasteiger partial charge in [-0.3, -0.25) is 14.5 Å². The third-order valence-corrected chi connectivity index (χ3v) is 5.27. The molecule has 2 aromatic rings. The molecule has 0 bridgehead atoms. The average molecular weight is 372 g/mol. The molecule has 0 saturated carbocycles. The third-order valence-electron chi connectivity index (χ3n) is 4.50. The van der Waals surface area contributed by atoms with Crippen LogP contribution in [-0.4, -0.2) is 59.8 Å². The summed E-state index contributed by atoms with van der Waals surface area (Å²) in [4.78, 5) is 32.8. The summed E-state index contributed by atoms with van der Waals surface area (Å²) in [5.41, 5.74) is 2.64. The number of carbonyl (C=O) groups is 2. The molecule has 1 atom stereocenters. The third kappa shape index (κ3) is 4.28. The first-order chi connectivity index (χ1) is 12.4. The minimum atomic E-state index is -0.194. The van der Waals surface area contributed by atoms with Crippen LogP contribution in [0.5, 0.6) is 0 Å². The summed E-state index contributed by atoms with van der Waals surface area (Å²) >= 11 is 1.60. The van der Waals surface area contributed by atoms with Crippen molar-refractivity contribution in [2.24, 2.45) is 0 Å². The number of thiazole rings is 1. The van der Waals surface area contributed by atoms with E-state index in [0.29, 0.717) is 0 Å². The van der Waals surface area contributed by atoms with Crippen LogP contribution in [0.1, 0.15) is 17.8 Å². The lowest BCUT2D eigenvalue weighted by Gasteiger charge is -2.25. The summed E-state index contributed by atoms with van der Waals surface area (Å²) in [6.07, 6.45) is 1.75. The highest BCUT2D eigenvalue weighted by atomic mass is 32.1. The smallest absolute Gasteiger partial charge is 0.239 e. The summed E-state index contributed by atoms with van der Waals surface area (Å²) < 4.78 is 0. The fourth-order valence-electron chi connectivity index (χ4n) is 3.23. The molecule has 26 heavy (non-hydrogen) atoms. The van der Waals surface area contributed by atoms with E-state index in [0.717, 1.165) is 41.3 Å². The van der Waals surface area contributed by atoms with Gasteiger partial charge in [0.2, 0.25) is 11.8 Å². The zero-order valence-electron chi connectivity index (χ0n) is 15.4. The summed E-state index contributed by atoms with van der Waals surface area (Å²) in [6, 6.07) is 7.50. The number of anilines is 1. The number of likely N-dealkylation sites (N-methyl/N-ethyl adjacent to an activating group) is 1. The number of hydrogen-bond donors (Lipinski definition) is 1. The Morgan fingerprint density at radius 3 is 2.88 bits per heavy atom. The van der Waals surface area contributed by atoms with Crippen molar-refractivity contribution in [3.8, 4) is 11.3 Å². The summed E-state index contributed by atoms with van der Waals surface area (Å²) in [6.45, 7) is 2.97.